The van der Waals surface area contributed by atoms with E-state index in [1.54, 1.807) is 19.1 Å². The van der Waals surface area contributed by atoms with Crippen LogP contribution in [0.3, 0.4) is 0 Å². The quantitative estimate of drug-likeness (QED) is 0.633. The molecule has 0 aliphatic carbocycles. The minimum atomic E-state index is -0.695. The monoisotopic (exact) mass is 320 g/mol. The van der Waals surface area contributed by atoms with Crippen LogP contribution in [-0.4, -0.2) is 10.2 Å². The molecule has 0 atom stereocenters. The molecule has 2 rings (SSSR count). The number of nitrogens with zero attached hydrogens (tertiary/aromatic N) is 2. The second-order valence-electron chi connectivity index (χ2n) is 4.20. The standard InChI is InChI=1S/C15H10Cl2N2O2/c1-9-13(15(17)20)12(11(7-18)14(16)19-9)8-21-10-5-3-2-4-6-10/h2-6H,8H2,1H3. The molecule has 106 valence electrons. The molecule has 1 aromatic carbocycles. The van der Waals surface area contributed by atoms with Crippen molar-refractivity contribution in [3.8, 4) is 11.8 Å². The fraction of sp³-hybridized carbons (Fsp3) is 0.133. The number of aryl methyl sites for hydroxylation is 1. The van der Waals surface area contributed by atoms with E-state index < -0.39 is 5.24 Å². The highest BCUT2D eigenvalue weighted by Crippen LogP contribution is 2.26. The molecule has 0 fully saturated rings. The normalized spacial score (nSPS) is 10.0. The number of hydrogen-bond donors (Lipinski definition) is 0. The minimum Gasteiger partial charge on any atom is -0.489 e. The lowest BCUT2D eigenvalue weighted by Crippen LogP contribution is -2.10. The van der Waals surface area contributed by atoms with Gasteiger partial charge in [0, 0.05) is 5.56 Å². The van der Waals surface area contributed by atoms with Crippen LogP contribution in [0.1, 0.15) is 27.2 Å². The predicted octanol–water partition coefficient (Wildman–Crippen LogP) is 3.87. The topological polar surface area (TPSA) is 63.0 Å². The number of pyridine rings is 1. The van der Waals surface area contributed by atoms with Crippen LogP contribution in [-0.2, 0) is 6.61 Å². The van der Waals surface area contributed by atoms with Crippen molar-refractivity contribution in [3.05, 3.63) is 57.9 Å². The zero-order valence-corrected chi connectivity index (χ0v) is 12.6. The Hall–Kier alpha value is -2.09. The van der Waals surface area contributed by atoms with Crippen molar-refractivity contribution in [2.24, 2.45) is 0 Å². The molecule has 0 radical (unpaired) electrons. The second-order valence-corrected chi connectivity index (χ2v) is 4.91. The van der Waals surface area contributed by atoms with Gasteiger partial charge in [0.25, 0.3) is 5.24 Å². The summed E-state index contributed by atoms with van der Waals surface area (Å²) in [4.78, 5) is 15.6. The number of halogens is 2. The molecule has 0 aliphatic rings. The van der Waals surface area contributed by atoms with Gasteiger partial charge in [0.1, 0.15) is 23.6 Å². The van der Waals surface area contributed by atoms with Crippen molar-refractivity contribution >= 4 is 28.4 Å². The Morgan fingerprint density at radius 3 is 2.62 bits per heavy atom. The maximum atomic E-state index is 11.6. The van der Waals surface area contributed by atoms with E-state index in [-0.39, 0.29) is 22.9 Å². The summed E-state index contributed by atoms with van der Waals surface area (Å²) in [6.07, 6.45) is 0. The van der Waals surface area contributed by atoms with E-state index >= 15 is 0 Å². The zero-order valence-electron chi connectivity index (χ0n) is 11.1. The molecule has 1 heterocycles. The van der Waals surface area contributed by atoms with Gasteiger partial charge in [0.05, 0.1) is 16.8 Å². The van der Waals surface area contributed by atoms with E-state index in [0.29, 0.717) is 17.0 Å². The summed E-state index contributed by atoms with van der Waals surface area (Å²) < 4.78 is 5.59. The van der Waals surface area contributed by atoms with Crippen molar-refractivity contribution in [1.82, 2.24) is 4.98 Å². The summed E-state index contributed by atoms with van der Waals surface area (Å²) in [7, 11) is 0. The van der Waals surface area contributed by atoms with E-state index in [9.17, 15) is 10.1 Å². The Kier molecular flexibility index (Phi) is 4.79. The Bertz CT molecular complexity index is 725. The highest BCUT2D eigenvalue weighted by molar-refractivity contribution is 6.68. The molecule has 1 aromatic heterocycles. The number of carbonyl (C=O) groups excluding carboxylic acids is 1. The summed E-state index contributed by atoms with van der Waals surface area (Å²) in [6.45, 7) is 1.61. The second kappa shape index (κ2) is 6.57. The number of carbonyl (C=O) groups is 1. The lowest BCUT2D eigenvalue weighted by atomic mass is 10.0. The van der Waals surface area contributed by atoms with E-state index in [2.05, 4.69) is 4.98 Å². The highest BCUT2D eigenvalue weighted by atomic mass is 35.5. The summed E-state index contributed by atoms with van der Waals surface area (Å²) in [5, 5.41) is 8.55. The molecule has 0 N–H and O–H groups in total. The Morgan fingerprint density at radius 2 is 2.05 bits per heavy atom. The average Bonchev–Trinajstić information content (AvgIpc) is 2.45. The van der Waals surface area contributed by atoms with Gasteiger partial charge in [0.15, 0.2) is 0 Å². The summed E-state index contributed by atoms with van der Waals surface area (Å²) in [6, 6.07) is 11.0. The number of benzene rings is 1. The van der Waals surface area contributed by atoms with Gasteiger partial charge in [-0.2, -0.15) is 5.26 Å². The zero-order chi connectivity index (χ0) is 15.4. The van der Waals surface area contributed by atoms with Gasteiger partial charge in [-0.3, -0.25) is 4.79 Å². The lowest BCUT2D eigenvalue weighted by Gasteiger charge is -2.13. The summed E-state index contributed by atoms with van der Waals surface area (Å²) in [5.41, 5.74) is 0.972. The predicted molar refractivity (Wildman–Crippen MR) is 79.7 cm³/mol. The Balaban J connectivity index is 2.45. The third-order valence-electron chi connectivity index (χ3n) is 2.87. The minimum absolute atomic E-state index is 0.00375. The molecule has 6 heteroatoms. The lowest BCUT2D eigenvalue weighted by molar-refractivity contribution is 0.107. The molecule has 2 aromatic rings. The van der Waals surface area contributed by atoms with E-state index in [1.165, 1.54) is 0 Å². The fourth-order valence-electron chi connectivity index (χ4n) is 1.92. The van der Waals surface area contributed by atoms with Crippen molar-refractivity contribution in [2.75, 3.05) is 0 Å². The molecule has 0 unspecified atom stereocenters. The first-order valence-electron chi connectivity index (χ1n) is 6.01. The van der Waals surface area contributed by atoms with E-state index in [0.717, 1.165) is 0 Å². The fourth-order valence-corrected chi connectivity index (χ4v) is 2.45. The third-order valence-corrected chi connectivity index (χ3v) is 3.33. The van der Waals surface area contributed by atoms with Crippen molar-refractivity contribution in [3.63, 3.8) is 0 Å². The van der Waals surface area contributed by atoms with Gasteiger partial charge in [-0.25, -0.2) is 4.98 Å². The molecule has 0 spiro atoms. The Morgan fingerprint density at radius 1 is 1.38 bits per heavy atom. The maximum Gasteiger partial charge on any atom is 0.254 e. The van der Waals surface area contributed by atoms with Crippen LogP contribution < -0.4 is 4.74 Å². The van der Waals surface area contributed by atoms with Gasteiger partial charge in [-0.15, -0.1) is 0 Å². The van der Waals surface area contributed by atoms with Crippen LogP contribution >= 0.6 is 23.2 Å². The first kappa shape index (κ1) is 15.3. The van der Waals surface area contributed by atoms with Crippen LogP contribution in [0.2, 0.25) is 5.15 Å². The summed E-state index contributed by atoms with van der Waals surface area (Å²) in [5.74, 6) is 0.611. The number of rotatable bonds is 4. The smallest absolute Gasteiger partial charge is 0.254 e. The number of para-hydroxylation sites is 1. The molecule has 0 saturated carbocycles. The number of ether oxygens (including phenoxy) is 1. The van der Waals surface area contributed by atoms with Crippen LogP contribution in [0.25, 0.3) is 0 Å². The average molecular weight is 321 g/mol. The highest BCUT2D eigenvalue weighted by Gasteiger charge is 2.21. The molecular weight excluding hydrogens is 311 g/mol. The molecule has 4 nitrogen and oxygen atoms in total. The van der Waals surface area contributed by atoms with Gasteiger partial charge in [0.2, 0.25) is 0 Å². The molecule has 21 heavy (non-hydrogen) atoms. The Labute approximate surface area is 131 Å². The first-order valence-corrected chi connectivity index (χ1v) is 6.77. The molecule has 0 amide bonds. The van der Waals surface area contributed by atoms with Crippen molar-refractivity contribution in [2.45, 2.75) is 13.5 Å². The van der Waals surface area contributed by atoms with Gasteiger partial charge >= 0.3 is 0 Å². The third kappa shape index (κ3) is 3.33. The molecule has 0 saturated heterocycles. The maximum absolute atomic E-state index is 11.6. The van der Waals surface area contributed by atoms with E-state index in [1.807, 2.05) is 24.3 Å². The van der Waals surface area contributed by atoms with Crippen molar-refractivity contribution in [1.29, 1.82) is 5.26 Å². The SMILES string of the molecule is Cc1nc(Cl)c(C#N)c(COc2ccccc2)c1C(=O)Cl. The number of hydrogen-bond acceptors (Lipinski definition) is 4. The summed E-state index contributed by atoms with van der Waals surface area (Å²) >= 11 is 11.5. The molecule has 0 aliphatic heterocycles. The van der Waals surface area contributed by atoms with Gasteiger partial charge in [-0.1, -0.05) is 29.8 Å². The largest absolute Gasteiger partial charge is 0.489 e. The van der Waals surface area contributed by atoms with Gasteiger partial charge in [-0.05, 0) is 30.7 Å². The van der Waals surface area contributed by atoms with Gasteiger partial charge < -0.3 is 4.74 Å². The first-order chi connectivity index (χ1) is 10.0. The number of nitriles is 1. The molecular formula is C15H10Cl2N2O2. The van der Waals surface area contributed by atoms with Crippen LogP contribution in [0.4, 0.5) is 0 Å². The van der Waals surface area contributed by atoms with Crippen LogP contribution in [0.15, 0.2) is 30.3 Å². The van der Waals surface area contributed by atoms with Crippen LogP contribution in [0, 0.1) is 18.3 Å². The number of aromatic nitrogens is 1. The van der Waals surface area contributed by atoms with E-state index in [4.69, 9.17) is 27.9 Å². The molecule has 0 bridgehead atoms. The van der Waals surface area contributed by atoms with Crippen LogP contribution in [0.5, 0.6) is 5.75 Å². The van der Waals surface area contributed by atoms with Crippen molar-refractivity contribution < 1.29 is 9.53 Å².